The van der Waals surface area contributed by atoms with E-state index in [9.17, 15) is 14.4 Å². The van der Waals surface area contributed by atoms with Crippen molar-refractivity contribution in [1.82, 2.24) is 0 Å². The van der Waals surface area contributed by atoms with Gasteiger partial charge in [-0.1, -0.05) is 73.4 Å². The van der Waals surface area contributed by atoms with Crippen LogP contribution in [0.5, 0.6) is 5.75 Å². The number of hydrogen-bond donors (Lipinski definition) is 1. The highest BCUT2D eigenvalue weighted by Crippen LogP contribution is 2.32. The number of imide groups is 1. The van der Waals surface area contributed by atoms with E-state index in [4.69, 9.17) is 33.7 Å². The Labute approximate surface area is 249 Å². The molecule has 0 aliphatic carbocycles. The maximum absolute atomic E-state index is 13.1. The van der Waals surface area contributed by atoms with Crippen LogP contribution in [-0.2, 0) is 14.4 Å². The Morgan fingerprint density at radius 2 is 1.39 bits per heavy atom. The minimum absolute atomic E-state index is 0.0520. The number of anilines is 1. The van der Waals surface area contributed by atoms with Gasteiger partial charge in [-0.2, -0.15) is 0 Å². The monoisotopic (exact) mass is 588 g/mol. The Balaban J connectivity index is 1.62. The first-order valence-corrected chi connectivity index (χ1v) is 13.8. The molecule has 0 atom stereocenters. The van der Waals surface area contributed by atoms with Gasteiger partial charge in [0.1, 0.15) is 12.4 Å². The van der Waals surface area contributed by atoms with E-state index in [1.807, 2.05) is 54.6 Å². The van der Waals surface area contributed by atoms with Gasteiger partial charge in [0.15, 0.2) is 5.78 Å². The lowest BCUT2D eigenvalue weighted by Gasteiger charge is -2.18. The molecule has 0 radical (unpaired) electrons. The molecular weight excluding hydrogens is 559 g/mol. The van der Waals surface area contributed by atoms with Gasteiger partial charge in [0, 0.05) is 25.3 Å². The van der Waals surface area contributed by atoms with Crippen molar-refractivity contribution in [2.75, 3.05) is 11.5 Å². The van der Waals surface area contributed by atoms with Gasteiger partial charge in [-0.15, -0.1) is 0 Å². The number of ketones is 1. The predicted molar refractivity (Wildman–Crippen MR) is 166 cm³/mol. The van der Waals surface area contributed by atoms with Crippen LogP contribution in [0.15, 0.2) is 84.4 Å². The summed E-state index contributed by atoms with van der Waals surface area (Å²) < 4.78 is 6.06. The van der Waals surface area contributed by atoms with Crippen LogP contribution in [0.2, 0.25) is 10.0 Å². The van der Waals surface area contributed by atoms with Gasteiger partial charge in [0.2, 0.25) is 11.8 Å². The zero-order valence-electron chi connectivity index (χ0n) is 23.2. The van der Waals surface area contributed by atoms with Crippen molar-refractivity contribution in [1.29, 1.82) is 0 Å². The SMILES string of the molecule is CC(=O)N(C(C)=O)c1cccc(-c2ccc3cc(OC/C(C(=O)C(C)C)=C(/N)c4c(Cl)cccc4Cl)ccc3c2)c1. The molecule has 0 aromatic heterocycles. The van der Waals surface area contributed by atoms with Crippen molar-refractivity contribution in [3.05, 3.63) is 100 Å². The minimum Gasteiger partial charge on any atom is -0.489 e. The molecule has 0 aliphatic heterocycles. The summed E-state index contributed by atoms with van der Waals surface area (Å²) in [6, 6.07) is 23.9. The fraction of sp³-hybridized carbons (Fsp3) is 0.182. The summed E-state index contributed by atoms with van der Waals surface area (Å²) in [5, 5.41) is 2.60. The van der Waals surface area contributed by atoms with Gasteiger partial charge in [-0.25, -0.2) is 0 Å². The van der Waals surface area contributed by atoms with Crippen LogP contribution in [0.25, 0.3) is 27.6 Å². The maximum atomic E-state index is 13.1. The van der Waals surface area contributed by atoms with E-state index in [0.29, 0.717) is 32.6 Å². The summed E-state index contributed by atoms with van der Waals surface area (Å²) in [7, 11) is 0. The molecule has 0 bridgehead atoms. The molecule has 0 saturated heterocycles. The smallest absolute Gasteiger partial charge is 0.230 e. The molecule has 0 spiro atoms. The highest BCUT2D eigenvalue weighted by Gasteiger charge is 2.22. The first-order chi connectivity index (χ1) is 19.5. The second kappa shape index (κ2) is 12.6. The average molecular weight is 590 g/mol. The molecule has 6 nitrogen and oxygen atoms in total. The zero-order chi connectivity index (χ0) is 29.8. The van der Waals surface area contributed by atoms with E-state index in [2.05, 4.69) is 0 Å². The van der Waals surface area contributed by atoms with Gasteiger partial charge in [-0.05, 0) is 64.4 Å². The fourth-order valence-electron chi connectivity index (χ4n) is 4.59. The Morgan fingerprint density at radius 3 is 2.02 bits per heavy atom. The molecule has 0 saturated carbocycles. The molecule has 210 valence electrons. The summed E-state index contributed by atoms with van der Waals surface area (Å²) in [6.45, 7) is 6.27. The molecule has 2 amide bonds. The molecule has 41 heavy (non-hydrogen) atoms. The van der Waals surface area contributed by atoms with E-state index in [0.717, 1.165) is 26.8 Å². The highest BCUT2D eigenvalue weighted by atomic mass is 35.5. The van der Waals surface area contributed by atoms with Crippen molar-refractivity contribution in [3.8, 4) is 16.9 Å². The largest absolute Gasteiger partial charge is 0.489 e. The molecule has 2 N–H and O–H groups in total. The third-order valence-electron chi connectivity index (χ3n) is 6.64. The molecule has 0 aliphatic rings. The summed E-state index contributed by atoms with van der Waals surface area (Å²) in [6.07, 6.45) is 0. The normalized spacial score (nSPS) is 11.8. The van der Waals surface area contributed by atoms with Crippen molar-refractivity contribution >= 4 is 63.0 Å². The number of fused-ring (bicyclic) bond motifs is 1. The molecule has 8 heteroatoms. The summed E-state index contributed by atoms with van der Waals surface area (Å²) >= 11 is 12.7. The van der Waals surface area contributed by atoms with Crippen LogP contribution in [0.3, 0.4) is 0 Å². The molecule has 4 aromatic carbocycles. The number of rotatable bonds is 8. The lowest BCUT2D eigenvalue weighted by atomic mass is 9.97. The first-order valence-electron chi connectivity index (χ1n) is 13.0. The predicted octanol–water partition coefficient (Wildman–Crippen LogP) is 7.69. The number of nitrogens with two attached hydrogens (primary N) is 1. The summed E-state index contributed by atoms with van der Waals surface area (Å²) in [5.41, 5.74) is 9.66. The Kier molecular flexibility index (Phi) is 9.16. The van der Waals surface area contributed by atoms with Crippen LogP contribution in [0.1, 0.15) is 33.3 Å². The number of benzene rings is 4. The van der Waals surface area contributed by atoms with Gasteiger partial charge in [-0.3, -0.25) is 19.3 Å². The lowest BCUT2D eigenvalue weighted by Crippen LogP contribution is -2.32. The molecule has 0 heterocycles. The molecule has 0 unspecified atom stereocenters. The number of carbonyl (C=O) groups excluding carboxylic acids is 3. The van der Waals surface area contributed by atoms with Gasteiger partial charge in [0.05, 0.1) is 27.0 Å². The van der Waals surface area contributed by atoms with E-state index < -0.39 is 0 Å². The molecule has 4 rings (SSSR count). The van der Waals surface area contributed by atoms with Crippen molar-refractivity contribution in [2.45, 2.75) is 27.7 Å². The van der Waals surface area contributed by atoms with Crippen LogP contribution in [-0.4, -0.2) is 24.2 Å². The van der Waals surface area contributed by atoms with E-state index >= 15 is 0 Å². The second-order valence-electron chi connectivity index (χ2n) is 9.94. The summed E-state index contributed by atoms with van der Waals surface area (Å²) in [4.78, 5) is 38.2. The number of carbonyl (C=O) groups is 3. The quantitative estimate of drug-likeness (QED) is 0.213. The average Bonchev–Trinajstić information content (AvgIpc) is 2.92. The number of hydrogen-bond acceptors (Lipinski definition) is 5. The minimum atomic E-state index is -0.342. The number of halogens is 2. The standard InChI is InChI=1S/C33H30Cl2N2O4/c1-19(2)33(40)28(32(36)31-29(34)9-6-10-30(31)35)18-41-27-14-13-24-15-23(11-12-25(24)17-27)22-7-5-8-26(16-22)37(20(3)38)21(4)39/h5-17,19H,18,36H2,1-4H3/b32-28-. The Bertz CT molecular complexity index is 1660. The number of nitrogens with zero attached hydrogens (tertiary/aromatic N) is 1. The molecule has 0 fully saturated rings. The first kappa shape index (κ1) is 29.8. The summed E-state index contributed by atoms with van der Waals surface area (Å²) in [5.74, 6) is -0.576. The third kappa shape index (κ3) is 6.62. The van der Waals surface area contributed by atoms with Gasteiger partial charge >= 0.3 is 0 Å². The molecule has 4 aromatic rings. The van der Waals surface area contributed by atoms with Crippen LogP contribution in [0, 0.1) is 5.92 Å². The topological polar surface area (TPSA) is 89.7 Å². The van der Waals surface area contributed by atoms with Crippen molar-refractivity contribution < 1.29 is 19.1 Å². The zero-order valence-corrected chi connectivity index (χ0v) is 24.7. The maximum Gasteiger partial charge on any atom is 0.230 e. The lowest BCUT2D eigenvalue weighted by molar-refractivity contribution is -0.124. The highest BCUT2D eigenvalue weighted by molar-refractivity contribution is 6.37. The number of amides is 2. The van der Waals surface area contributed by atoms with E-state index in [-0.39, 0.29) is 35.8 Å². The van der Waals surface area contributed by atoms with Gasteiger partial charge in [0.25, 0.3) is 0 Å². The van der Waals surface area contributed by atoms with Crippen molar-refractivity contribution in [3.63, 3.8) is 0 Å². The molecular formula is C33H30Cl2N2O4. The van der Waals surface area contributed by atoms with Crippen LogP contribution < -0.4 is 15.4 Å². The van der Waals surface area contributed by atoms with Gasteiger partial charge < -0.3 is 10.5 Å². The Hall–Kier alpha value is -4.13. The van der Waals surface area contributed by atoms with Crippen LogP contribution >= 0.6 is 23.2 Å². The van der Waals surface area contributed by atoms with Crippen LogP contribution in [0.4, 0.5) is 5.69 Å². The Morgan fingerprint density at radius 1 is 0.805 bits per heavy atom. The van der Waals surface area contributed by atoms with E-state index in [1.165, 1.54) is 13.8 Å². The number of ether oxygens (including phenoxy) is 1. The van der Waals surface area contributed by atoms with Crippen molar-refractivity contribution in [2.24, 2.45) is 11.7 Å². The second-order valence-corrected chi connectivity index (χ2v) is 10.8. The van der Waals surface area contributed by atoms with E-state index in [1.54, 1.807) is 38.1 Å². The third-order valence-corrected chi connectivity index (χ3v) is 7.27. The number of Topliss-reactive ketones (excluding diaryl/α,β-unsaturated/α-hetero) is 1. The fourth-order valence-corrected chi connectivity index (χ4v) is 5.20.